The van der Waals surface area contributed by atoms with Gasteiger partial charge in [-0.15, -0.1) is 0 Å². The minimum atomic E-state index is 0.168. The van der Waals surface area contributed by atoms with E-state index in [4.69, 9.17) is 9.47 Å². The maximum atomic E-state index is 12.9. The van der Waals surface area contributed by atoms with Crippen molar-refractivity contribution in [3.63, 3.8) is 0 Å². The van der Waals surface area contributed by atoms with Gasteiger partial charge >= 0.3 is 0 Å². The van der Waals surface area contributed by atoms with Crippen LogP contribution in [0.2, 0.25) is 0 Å². The fourth-order valence-electron chi connectivity index (χ4n) is 4.67. The van der Waals surface area contributed by atoms with Gasteiger partial charge in [-0.25, -0.2) is 0 Å². The molecule has 1 aromatic rings. The third kappa shape index (κ3) is 3.54. The maximum Gasteiger partial charge on any atom is 0.227 e. The number of hydrogen-bond donors (Lipinski definition) is 0. The van der Waals surface area contributed by atoms with Crippen LogP contribution in [-0.2, 0) is 11.3 Å². The lowest BCUT2D eigenvalue weighted by Crippen LogP contribution is -2.50. The molecule has 1 saturated carbocycles. The highest BCUT2D eigenvalue weighted by Crippen LogP contribution is 2.34. The molecule has 0 aromatic heterocycles. The van der Waals surface area contributed by atoms with E-state index < -0.39 is 0 Å². The largest absolute Gasteiger partial charge is 0.497 e. The Labute approximate surface area is 156 Å². The van der Waals surface area contributed by atoms with Crippen molar-refractivity contribution in [3.05, 3.63) is 23.8 Å². The van der Waals surface area contributed by atoms with E-state index in [1.54, 1.807) is 14.2 Å². The van der Waals surface area contributed by atoms with E-state index in [-0.39, 0.29) is 5.92 Å². The maximum absolute atomic E-state index is 12.9. The Hall–Kier alpha value is -1.75. The van der Waals surface area contributed by atoms with Crippen LogP contribution in [0.25, 0.3) is 0 Å². The van der Waals surface area contributed by atoms with Gasteiger partial charge in [-0.3, -0.25) is 9.69 Å². The minimum Gasteiger partial charge on any atom is -0.497 e. The van der Waals surface area contributed by atoms with E-state index in [2.05, 4.69) is 21.9 Å². The number of nitrogens with zero attached hydrogens (tertiary/aromatic N) is 2. The first-order valence-electron chi connectivity index (χ1n) is 9.91. The molecule has 1 aromatic carbocycles. The molecule has 5 rings (SSSR count). The first-order chi connectivity index (χ1) is 12.7. The fourth-order valence-corrected chi connectivity index (χ4v) is 4.67. The molecule has 0 unspecified atom stereocenters. The number of piperidine rings is 1. The van der Waals surface area contributed by atoms with E-state index in [9.17, 15) is 4.79 Å². The van der Waals surface area contributed by atoms with Crippen molar-refractivity contribution < 1.29 is 14.3 Å². The van der Waals surface area contributed by atoms with Gasteiger partial charge < -0.3 is 14.4 Å². The zero-order valence-electron chi connectivity index (χ0n) is 15.9. The molecule has 1 amide bonds. The number of benzene rings is 1. The second kappa shape index (κ2) is 7.47. The van der Waals surface area contributed by atoms with Crippen LogP contribution < -0.4 is 9.47 Å². The summed E-state index contributed by atoms with van der Waals surface area (Å²) in [5, 5.41) is 0. The van der Waals surface area contributed by atoms with Gasteiger partial charge in [0.15, 0.2) is 0 Å². The van der Waals surface area contributed by atoms with Crippen LogP contribution in [0.5, 0.6) is 11.5 Å². The molecule has 3 heterocycles. The van der Waals surface area contributed by atoms with Crippen molar-refractivity contribution in [2.75, 3.05) is 33.9 Å². The number of hydrogen-bond acceptors (Lipinski definition) is 4. The van der Waals surface area contributed by atoms with Crippen LogP contribution in [0.1, 0.15) is 37.7 Å². The molecule has 26 heavy (non-hydrogen) atoms. The Kier molecular flexibility index (Phi) is 5.07. The molecule has 0 N–H and O–H groups in total. The summed E-state index contributed by atoms with van der Waals surface area (Å²) in [6.07, 6.45) is 6.14. The van der Waals surface area contributed by atoms with Crippen LogP contribution >= 0.6 is 0 Å². The monoisotopic (exact) mass is 358 g/mol. The molecule has 142 valence electrons. The lowest BCUT2D eigenvalue weighted by atomic mass is 9.83. The summed E-state index contributed by atoms with van der Waals surface area (Å²) in [7, 11) is 3.36. The van der Waals surface area contributed by atoms with Crippen molar-refractivity contribution in [1.82, 2.24) is 9.80 Å². The van der Waals surface area contributed by atoms with Gasteiger partial charge in [-0.1, -0.05) is 6.42 Å². The highest BCUT2D eigenvalue weighted by atomic mass is 16.5. The van der Waals surface area contributed by atoms with Crippen LogP contribution in [0.3, 0.4) is 0 Å². The summed E-state index contributed by atoms with van der Waals surface area (Å²) in [5.41, 5.74) is 1.18. The first kappa shape index (κ1) is 17.7. The third-order valence-electron chi connectivity index (χ3n) is 6.37. The quantitative estimate of drug-likeness (QED) is 0.784. The Morgan fingerprint density at radius 3 is 2.35 bits per heavy atom. The van der Waals surface area contributed by atoms with Crippen molar-refractivity contribution in [3.8, 4) is 11.5 Å². The Morgan fingerprint density at radius 2 is 1.73 bits per heavy atom. The SMILES string of the molecule is COc1cc(CN2C[C@@H]3CC[C@H](C2)N(CC2CCC2)C3=O)cc(OC)c1. The summed E-state index contributed by atoms with van der Waals surface area (Å²) >= 11 is 0. The molecule has 0 spiro atoms. The number of carbonyl (C=O) groups is 1. The molecule has 3 aliphatic heterocycles. The number of rotatable bonds is 6. The van der Waals surface area contributed by atoms with Crippen LogP contribution in [0.15, 0.2) is 18.2 Å². The summed E-state index contributed by atoms with van der Waals surface area (Å²) in [4.78, 5) is 17.6. The zero-order valence-corrected chi connectivity index (χ0v) is 15.9. The van der Waals surface area contributed by atoms with Gasteiger partial charge in [-0.05, 0) is 49.3 Å². The minimum absolute atomic E-state index is 0.168. The number of amides is 1. The van der Waals surface area contributed by atoms with E-state index in [1.165, 1.54) is 24.8 Å². The van der Waals surface area contributed by atoms with Crippen LogP contribution in [0.4, 0.5) is 0 Å². The molecule has 0 radical (unpaired) electrons. The number of fused-ring (bicyclic) bond motifs is 4. The normalized spacial score (nSPS) is 26.5. The van der Waals surface area contributed by atoms with E-state index >= 15 is 0 Å². The molecular formula is C21H30N2O3. The average Bonchev–Trinajstić information content (AvgIpc) is 2.88. The predicted octanol–water partition coefficient (Wildman–Crippen LogP) is 2.93. The van der Waals surface area contributed by atoms with Crippen LogP contribution in [0, 0.1) is 11.8 Å². The molecule has 3 saturated heterocycles. The number of methoxy groups -OCH3 is 2. The predicted molar refractivity (Wildman–Crippen MR) is 100 cm³/mol. The number of ether oxygens (including phenoxy) is 2. The molecule has 2 atom stereocenters. The van der Waals surface area contributed by atoms with Gasteiger partial charge in [0.1, 0.15) is 11.5 Å². The Bertz CT molecular complexity index is 636. The first-order valence-corrected chi connectivity index (χ1v) is 9.91. The lowest BCUT2D eigenvalue weighted by Gasteiger charge is -2.40. The topological polar surface area (TPSA) is 42.0 Å². The molecular weight excluding hydrogens is 328 g/mol. The summed E-state index contributed by atoms with van der Waals surface area (Å²) in [6, 6.07) is 6.43. The summed E-state index contributed by atoms with van der Waals surface area (Å²) < 4.78 is 10.8. The molecule has 4 fully saturated rings. The van der Waals surface area contributed by atoms with Crippen molar-refractivity contribution >= 4 is 5.91 Å². The van der Waals surface area contributed by atoms with Crippen molar-refractivity contribution in [1.29, 1.82) is 0 Å². The van der Waals surface area contributed by atoms with E-state index in [0.717, 1.165) is 56.4 Å². The Morgan fingerprint density at radius 1 is 1.00 bits per heavy atom. The smallest absolute Gasteiger partial charge is 0.227 e. The molecule has 5 heteroatoms. The summed E-state index contributed by atoms with van der Waals surface area (Å²) in [5.74, 6) is 2.95. The van der Waals surface area contributed by atoms with Gasteiger partial charge in [-0.2, -0.15) is 0 Å². The fraction of sp³-hybridized carbons (Fsp3) is 0.667. The molecule has 4 aliphatic rings. The second-order valence-electron chi connectivity index (χ2n) is 8.13. The molecule has 5 nitrogen and oxygen atoms in total. The van der Waals surface area contributed by atoms with Crippen molar-refractivity contribution in [2.24, 2.45) is 11.8 Å². The lowest BCUT2D eigenvalue weighted by molar-refractivity contribution is -0.141. The highest BCUT2D eigenvalue weighted by Gasteiger charge is 2.41. The van der Waals surface area contributed by atoms with E-state index in [0.29, 0.717) is 11.9 Å². The van der Waals surface area contributed by atoms with Gasteiger partial charge in [0.25, 0.3) is 0 Å². The van der Waals surface area contributed by atoms with Crippen LogP contribution in [-0.4, -0.2) is 55.6 Å². The number of carbonyl (C=O) groups excluding carboxylic acids is 1. The second-order valence-corrected chi connectivity index (χ2v) is 8.13. The van der Waals surface area contributed by atoms with Gasteiger partial charge in [0.05, 0.1) is 20.1 Å². The standard InChI is InChI=1S/C21H30N2O3/c1-25-19-8-16(9-20(10-19)26-2)11-22-13-17-6-7-18(14-22)23(21(17)24)12-15-4-3-5-15/h8-10,15,17-18H,3-7,11-14H2,1-2H3/t17-,18+/m0/s1. The Balaban J connectivity index is 1.48. The van der Waals surface area contributed by atoms with E-state index in [1.807, 2.05) is 6.07 Å². The van der Waals surface area contributed by atoms with Gasteiger partial charge in [0.2, 0.25) is 5.91 Å². The van der Waals surface area contributed by atoms with Gasteiger partial charge in [0, 0.05) is 38.3 Å². The molecule has 1 aliphatic carbocycles. The molecule has 2 bridgehead atoms. The average molecular weight is 358 g/mol. The zero-order chi connectivity index (χ0) is 18.1. The highest BCUT2D eigenvalue weighted by molar-refractivity contribution is 5.80. The summed E-state index contributed by atoms with van der Waals surface area (Å²) in [6.45, 7) is 3.68. The van der Waals surface area contributed by atoms with Crippen molar-refractivity contribution in [2.45, 2.75) is 44.7 Å². The third-order valence-corrected chi connectivity index (χ3v) is 6.37.